The van der Waals surface area contributed by atoms with E-state index >= 15 is 0 Å². The summed E-state index contributed by atoms with van der Waals surface area (Å²) in [5.74, 6) is 0.164. The van der Waals surface area contributed by atoms with Gasteiger partial charge in [-0.1, -0.05) is 18.5 Å². The summed E-state index contributed by atoms with van der Waals surface area (Å²) in [6, 6.07) is 8.00. The summed E-state index contributed by atoms with van der Waals surface area (Å²) in [5, 5.41) is 3.70. The lowest BCUT2D eigenvalue weighted by Crippen LogP contribution is -2.47. The molecule has 5 heteroatoms. The number of carbonyl (C=O) groups excluding carboxylic acids is 1. The van der Waals surface area contributed by atoms with Crippen LogP contribution in [0.1, 0.15) is 19.8 Å². The first-order valence-electron chi connectivity index (χ1n) is 7.68. The first-order valence-corrected chi connectivity index (χ1v) is 8.06. The Hall–Kier alpha value is -1.26. The molecule has 0 saturated carbocycles. The Balaban J connectivity index is 1.71. The predicted octanol–water partition coefficient (Wildman–Crippen LogP) is 2.38. The normalized spacial score (nSPS) is 16.0. The van der Waals surface area contributed by atoms with E-state index in [-0.39, 0.29) is 5.91 Å². The molecule has 1 aromatic carbocycles. The van der Waals surface area contributed by atoms with Crippen molar-refractivity contribution in [2.45, 2.75) is 19.8 Å². The lowest BCUT2D eigenvalue weighted by molar-refractivity contribution is -0.121. The number of nitrogens with zero attached hydrogens (tertiary/aromatic N) is 2. The second-order valence-corrected chi connectivity index (χ2v) is 5.84. The molecule has 0 aliphatic carbocycles. The summed E-state index contributed by atoms with van der Waals surface area (Å²) >= 11 is 5.92. The maximum atomic E-state index is 11.6. The predicted molar refractivity (Wildman–Crippen MR) is 88.0 cm³/mol. The molecule has 1 saturated heterocycles. The molecule has 0 spiro atoms. The van der Waals surface area contributed by atoms with Crippen LogP contribution in [0.4, 0.5) is 5.69 Å². The maximum Gasteiger partial charge on any atom is 0.221 e. The van der Waals surface area contributed by atoms with Crippen LogP contribution in [0.15, 0.2) is 24.3 Å². The number of halogens is 1. The van der Waals surface area contributed by atoms with Gasteiger partial charge in [0, 0.05) is 56.4 Å². The molecule has 4 nitrogen and oxygen atoms in total. The maximum absolute atomic E-state index is 11.6. The van der Waals surface area contributed by atoms with Crippen molar-refractivity contribution in [3.63, 3.8) is 0 Å². The summed E-state index contributed by atoms with van der Waals surface area (Å²) < 4.78 is 0. The number of rotatable bonds is 6. The molecule has 1 amide bonds. The van der Waals surface area contributed by atoms with Crippen LogP contribution in [0.5, 0.6) is 0 Å². The van der Waals surface area contributed by atoms with Gasteiger partial charge >= 0.3 is 0 Å². The van der Waals surface area contributed by atoms with E-state index in [1.807, 2.05) is 12.1 Å². The van der Waals surface area contributed by atoms with Crippen molar-refractivity contribution < 1.29 is 4.79 Å². The summed E-state index contributed by atoms with van der Waals surface area (Å²) in [4.78, 5) is 16.3. The van der Waals surface area contributed by atoms with E-state index in [1.54, 1.807) is 0 Å². The Bertz CT molecular complexity index is 441. The Labute approximate surface area is 132 Å². The van der Waals surface area contributed by atoms with Gasteiger partial charge in [0.15, 0.2) is 0 Å². The second kappa shape index (κ2) is 8.25. The van der Waals surface area contributed by atoms with Gasteiger partial charge in [0.05, 0.1) is 0 Å². The van der Waals surface area contributed by atoms with E-state index < -0.39 is 0 Å². The van der Waals surface area contributed by atoms with Crippen molar-refractivity contribution in [1.29, 1.82) is 0 Å². The lowest BCUT2D eigenvalue weighted by Gasteiger charge is -2.36. The summed E-state index contributed by atoms with van der Waals surface area (Å²) in [5.41, 5.74) is 1.22. The number of hydrogen-bond acceptors (Lipinski definition) is 3. The van der Waals surface area contributed by atoms with E-state index in [4.69, 9.17) is 11.6 Å². The Morgan fingerprint density at radius 3 is 2.48 bits per heavy atom. The molecule has 0 radical (unpaired) electrons. The van der Waals surface area contributed by atoms with E-state index in [1.165, 1.54) is 5.69 Å². The van der Waals surface area contributed by atoms with Gasteiger partial charge < -0.3 is 10.2 Å². The number of anilines is 1. The molecular weight excluding hydrogens is 286 g/mol. The fourth-order valence-electron chi connectivity index (χ4n) is 2.49. The molecule has 1 aromatic rings. The van der Waals surface area contributed by atoms with Crippen LogP contribution in [0.3, 0.4) is 0 Å². The van der Waals surface area contributed by atoms with Crippen LogP contribution in [-0.4, -0.2) is 50.1 Å². The van der Waals surface area contributed by atoms with Crippen molar-refractivity contribution >= 4 is 23.2 Å². The topological polar surface area (TPSA) is 35.6 Å². The zero-order valence-electron chi connectivity index (χ0n) is 12.6. The van der Waals surface area contributed by atoms with Crippen LogP contribution < -0.4 is 10.2 Å². The van der Waals surface area contributed by atoms with Crippen LogP contribution in [0, 0.1) is 0 Å². The molecular formula is C16H24ClN3O. The minimum Gasteiger partial charge on any atom is -0.369 e. The van der Waals surface area contributed by atoms with Crippen molar-refractivity contribution in [1.82, 2.24) is 10.2 Å². The van der Waals surface area contributed by atoms with Crippen molar-refractivity contribution in [2.24, 2.45) is 0 Å². The molecule has 1 fully saturated rings. The number of piperazine rings is 1. The van der Waals surface area contributed by atoms with Crippen LogP contribution in [-0.2, 0) is 4.79 Å². The Morgan fingerprint density at radius 1 is 1.19 bits per heavy atom. The zero-order chi connectivity index (χ0) is 15.1. The van der Waals surface area contributed by atoms with E-state index in [2.05, 4.69) is 34.2 Å². The first-order chi connectivity index (χ1) is 10.2. The molecule has 116 valence electrons. The summed E-state index contributed by atoms with van der Waals surface area (Å²) in [6.45, 7) is 7.70. The van der Waals surface area contributed by atoms with Gasteiger partial charge in [-0.05, 0) is 30.7 Å². The van der Waals surface area contributed by atoms with E-state index in [9.17, 15) is 4.79 Å². The zero-order valence-corrected chi connectivity index (χ0v) is 13.4. The molecule has 0 aromatic heterocycles. The third-order valence-corrected chi connectivity index (χ3v) is 4.04. The third kappa shape index (κ3) is 5.21. The van der Waals surface area contributed by atoms with Crippen LogP contribution in [0.25, 0.3) is 0 Å². The minimum atomic E-state index is 0.164. The highest BCUT2D eigenvalue weighted by Crippen LogP contribution is 2.19. The van der Waals surface area contributed by atoms with Crippen molar-refractivity contribution in [3.8, 4) is 0 Å². The molecule has 2 rings (SSSR count). The second-order valence-electron chi connectivity index (χ2n) is 5.41. The van der Waals surface area contributed by atoms with Gasteiger partial charge in [-0.15, -0.1) is 0 Å². The average Bonchev–Trinajstić information content (AvgIpc) is 2.52. The molecule has 1 aliphatic heterocycles. The van der Waals surface area contributed by atoms with Crippen molar-refractivity contribution in [2.75, 3.05) is 44.2 Å². The van der Waals surface area contributed by atoms with E-state index in [0.717, 1.165) is 50.7 Å². The quantitative estimate of drug-likeness (QED) is 0.876. The van der Waals surface area contributed by atoms with Gasteiger partial charge in [-0.2, -0.15) is 0 Å². The standard InChI is InChI=1S/C16H24ClN3O/c1-2-8-18-16(21)7-9-19-10-12-20(13-11-19)15-5-3-14(17)4-6-15/h3-6H,2,7-13H2,1H3,(H,18,21). The molecule has 1 N–H and O–H groups in total. The average molecular weight is 310 g/mol. The Morgan fingerprint density at radius 2 is 1.86 bits per heavy atom. The van der Waals surface area contributed by atoms with Crippen molar-refractivity contribution in [3.05, 3.63) is 29.3 Å². The number of benzene rings is 1. The summed E-state index contributed by atoms with van der Waals surface area (Å²) in [7, 11) is 0. The van der Waals surface area contributed by atoms with Crippen LogP contribution in [0.2, 0.25) is 5.02 Å². The number of carbonyl (C=O) groups is 1. The van der Waals surface area contributed by atoms with E-state index in [0.29, 0.717) is 6.42 Å². The number of nitrogens with one attached hydrogen (secondary N) is 1. The van der Waals surface area contributed by atoms with Gasteiger partial charge in [-0.3, -0.25) is 9.69 Å². The number of amides is 1. The largest absolute Gasteiger partial charge is 0.369 e. The molecule has 0 unspecified atom stereocenters. The summed E-state index contributed by atoms with van der Waals surface area (Å²) in [6.07, 6.45) is 1.59. The highest BCUT2D eigenvalue weighted by atomic mass is 35.5. The SMILES string of the molecule is CCCNC(=O)CCN1CCN(c2ccc(Cl)cc2)CC1. The highest BCUT2D eigenvalue weighted by molar-refractivity contribution is 6.30. The Kier molecular flexibility index (Phi) is 6.33. The fraction of sp³-hybridized carbons (Fsp3) is 0.562. The molecule has 0 atom stereocenters. The fourth-order valence-corrected chi connectivity index (χ4v) is 2.62. The molecule has 1 heterocycles. The van der Waals surface area contributed by atoms with Gasteiger partial charge in [0.1, 0.15) is 0 Å². The van der Waals surface area contributed by atoms with Gasteiger partial charge in [0.2, 0.25) is 5.91 Å². The third-order valence-electron chi connectivity index (χ3n) is 3.79. The smallest absolute Gasteiger partial charge is 0.221 e. The first kappa shape index (κ1) is 16.1. The molecule has 21 heavy (non-hydrogen) atoms. The van der Waals surface area contributed by atoms with Crippen LogP contribution >= 0.6 is 11.6 Å². The minimum absolute atomic E-state index is 0.164. The van der Waals surface area contributed by atoms with Gasteiger partial charge in [0.25, 0.3) is 0 Å². The van der Waals surface area contributed by atoms with Gasteiger partial charge in [-0.25, -0.2) is 0 Å². The highest BCUT2D eigenvalue weighted by Gasteiger charge is 2.17. The molecule has 1 aliphatic rings. The molecule has 0 bridgehead atoms. The lowest BCUT2D eigenvalue weighted by atomic mass is 10.2. The number of hydrogen-bond donors (Lipinski definition) is 1. The monoisotopic (exact) mass is 309 g/mol.